The molecule has 0 saturated heterocycles. The predicted octanol–water partition coefficient (Wildman–Crippen LogP) is 26.8. The van der Waals surface area contributed by atoms with Gasteiger partial charge in [0, 0.05) is 143 Å². The van der Waals surface area contributed by atoms with Crippen LogP contribution in [0.4, 0.5) is 0 Å². The summed E-state index contributed by atoms with van der Waals surface area (Å²) in [6.07, 6.45) is 16.7. The van der Waals surface area contributed by atoms with E-state index in [1.54, 1.807) is 52.6 Å². The van der Waals surface area contributed by atoms with Crippen molar-refractivity contribution in [3.8, 4) is 66.0 Å². The minimum Gasteiger partial charge on any atom is -0.309 e. The van der Waals surface area contributed by atoms with Crippen molar-refractivity contribution in [3.05, 3.63) is 383 Å². The van der Waals surface area contributed by atoms with Crippen LogP contribution in [0.25, 0.3) is 228 Å². The van der Waals surface area contributed by atoms with Gasteiger partial charge in [-0.1, -0.05) is 127 Å². The Morgan fingerprint density at radius 1 is 0.195 bits per heavy atom. The molecule has 15 heterocycles. The average molecular weight is 1630 g/mol. The molecule has 0 bridgehead atoms. The van der Waals surface area contributed by atoms with Gasteiger partial charge in [-0.25, -0.2) is 15.0 Å². The number of fused-ring (bicyclic) bond motifs is 21. The zero-order valence-corrected chi connectivity index (χ0v) is 67.8. The van der Waals surface area contributed by atoms with E-state index in [0.29, 0.717) is 0 Å². The summed E-state index contributed by atoms with van der Waals surface area (Å²) >= 11 is 4.96. The molecule has 18 heteroatoms. The Balaban J connectivity index is 0.000000101. The van der Waals surface area contributed by atoms with Crippen molar-refractivity contribution < 1.29 is 0 Å². The quantitative estimate of drug-likeness (QED) is 0.138. The van der Waals surface area contributed by atoms with Crippen molar-refractivity contribution in [3.63, 3.8) is 0 Å². The third-order valence-electron chi connectivity index (χ3n) is 23.7. The Hall–Kier alpha value is -16.0. The van der Waals surface area contributed by atoms with E-state index < -0.39 is 0 Å². The molecule has 576 valence electrons. The van der Waals surface area contributed by atoms with Crippen LogP contribution in [-0.4, -0.2) is 72.3 Å². The second kappa shape index (κ2) is 28.4. The minimum absolute atomic E-state index is 0.865. The second-order valence-electron chi connectivity index (χ2n) is 30.6. The smallest absolute Gasteiger partial charge is 0.143 e. The van der Waals surface area contributed by atoms with E-state index in [1.165, 1.54) is 81.9 Å². The van der Waals surface area contributed by atoms with Gasteiger partial charge in [0.15, 0.2) is 0 Å². The second-order valence-corrected chi connectivity index (χ2v) is 33.7. The predicted molar refractivity (Wildman–Crippen MR) is 508 cm³/mol. The Morgan fingerprint density at radius 2 is 0.488 bits per heavy atom. The summed E-state index contributed by atoms with van der Waals surface area (Å²) in [6.45, 7) is 0. The number of pyridine rings is 6. The largest absolute Gasteiger partial charge is 0.309 e. The van der Waals surface area contributed by atoms with Gasteiger partial charge in [-0.15, -0.1) is 34.0 Å². The highest BCUT2D eigenvalue weighted by Crippen LogP contribution is 2.45. The van der Waals surface area contributed by atoms with Crippen LogP contribution in [0.3, 0.4) is 0 Å². The normalized spacial score (nSPS) is 11.9. The van der Waals surface area contributed by atoms with Gasteiger partial charge < -0.3 is 27.4 Å². The Morgan fingerprint density at radius 3 is 0.846 bits per heavy atom. The molecule has 12 aromatic carbocycles. The van der Waals surface area contributed by atoms with E-state index in [2.05, 4.69) is 334 Å². The van der Waals surface area contributed by atoms with E-state index >= 15 is 0 Å². The lowest BCUT2D eigenvalue weighted by atomic mass is 10.1. The average Bonchev–Trinajstić information content (AvgIpc) is 1.57. The molecule has 0 saturated carbocycles. The number of nitrogens with zero attached hydrogens (tertiary/aromatic N) is 15. The van der Waals surface area contributed by atoms with E-state index in [1.807, 2.05) is 73.6 Å². The molecular formula is C105H63N15S3. The van der Waals surface area contributed by atoms with Crippen LogP contribution in [0.1, 0.15) is 0 Å². The van der Waals surface area contributed by atoms with Gasteiger partial charge in [-0.3, -0.25) is 29.9 Å². The fourth-order valence-electron chi connectivity index (χ4n) is 18.3. The first kappa shape index (κ1) is 70.1. The molecule has 27 aromatic rings. The van der Waals surface area contributed by atoms with Crippen LogP contribution in [-0.2, 0) is 0 Å². The summed E-state index contributed by atoms with van der Waals surface area (Å²) in [5, 5.41) is 15.0. The highest BCUT2D eigenvalue weighted by atomic mass is 32.1. The Kier molecular flexibility index (Phi) is 16.2. The Bertz CT molecular complexity index is 7960. The Labute approximate surface area is 712 Å². The molecule has 0 aliphatic carbocycles. The van der Waals surface area contributed by atoms with Gasteiger partial charge >= 0.3 is 0 Å². The topological polar surface area (TPSA) is 146 Å². The maximum absolute atomic E-state index is 4.87. The van der Waals surface area contributed by atoms with Crippen LogP contribution in [0.5, 0.6) is 0 Å². The summed E-state index contributed by atoms with van der Waals surface area (Å²) in [5.41, 5.74) is 28.5. The van der Waals surface area contributed by atoms with Gasteiger partial charge in [-0.05, 0) is 200 Å². The van der Waals surface area contributed by atoms with Crippen molar-refractivity contribution in [2.75, 3.05) is 0 Å². The molecule has 0 atom stereocenters. The molecule has 27 rings (SSSR count). The zero-order chi connectivity index (χ0) is 80.7. The molecule has 0 N–H and O–H groups in total. The standard InChI is InChI=1S/C36H22N4S.C35H21N5S.C34H20N6S/c1-2-8-24(9-3-1)39-31-12-6-4-10-26(31)28-21-34-29(20-33(28)39)27-11-5-7-13-32(27)40(34)25-16-14-23(15-17-25)36-38-30-18-19-37-22-35(30)41-36;1-2-8-22(9-3-1)39-30-12-6-4-10-24(30)26-19-33-27(18-32(26)39)25-11-5-7-13-31(25)40(33)23-14-15-29(37-20-23)35-38-28-16-17-36-21-34(28)41-35;1-2-6-22(7-3-1)39-27-8-4-15-36-32(27)24-19-30-25(18-29(24)39)33-28(9-5-16-37-33)40(30)23-12-10-21(11-13-23)34-38-26-14-17-35-20-31(26)41-34/h1-22H;1-21H;1-20H. The summed E-state index contributed by atoms with van der Waals surface area (Å²) < 4.78 is 17.3. The SMILES string of the molecule is c1ccc(-n2c3cc4c5ncccc5n(-c5ccc(-c6nc7ccncc7s6)cc5)c4cc3c3ncccc32)cc1.c1ccc(-n2c3ccccc3c3cc4c(cc32)c2ccccc2n4-c2ccc(-c3nc4ccncc4s3)cc2)cc1.c1ccc(-n2c3ccccc3c3cc4c(cc32)c2ccccc2n4-c2ccc(-c3nc4ccncc4s3)nc2)cc1. The number of para-hydroxylation sites is 7. The third-order valence-corrected chi connectivity index (χ3v) is 26.8. The van der Waals surface area contributed by atoms with Crippen molar-refractivity contribution >= 4 is 196 Å². The van der Waals surface area contributed by atoms with Gasteiger partial charge in [0.2, 0.25) is 0 Å². The molecule has 0 fully saturated rings. The summed E-state index contributed by atoms with van der Waals surface area (Å²) in [5.74, 6) is 0. The van der Waals surface area contributed by atoms with Crippen LogP contribution in [0.2, 0.25) is 0 Å². The maximum atomic E-state index is 4.87. The lowest BCUT2D eigenvalue weighted by Gasteiger charge is -2.09. The highest BCUT2D eigenvalue weighted by molar-refractivity contribution is 7.22. The van der Waals surface area contributed by atoms with Crippen LogP contribution < -0.4 is 0 Å². The number of benzene rings is 12. The highest BCUT2D eigenvalue weighted by Gasteiger charge is 2.25. The first-order valence-corrected chi connectivity index (χ1v) is 43.0. The number of aromatic nitrogens is 15. The van der Waals surface area contributed by atoms with E-state index in [-0.39, 0.29) is 0 Å². The zero-order valence-electron chi connectivity index (χ0n) is 65.3. The van der Waals surface area contributed by atoms with Gasteiger partial charge in [0.05, 0.1) is 125 Å². The fourth-order valence-corrected chi connectivity index (χ4v) is 21.0. The van der Waals surface area contributed by atoms with E-state index in [4.69, 9.17) is 29.9 Å². The third kappa shape index (κ3) is 11.4. The molecule has 0 unspecified atom stereocenters. The lowest BCUT2D eigenvalue weighted by molar-refractivity contribution is 1.14. The lowest BCUT2D eigenvalue weighted by Crippen LogP contribution is -1.96. The van der Waals surface area contributed by atoms with Gasteiger partial charge in [0.1, 0.15) is 15.0 Å². The molecule has 0 spiro atoms. The summed E-state index contributed by atoms with van der Waals surface area (Å²) in [6, 6.07) is 116. The first-order valence-electron chi connectivity index (χ1n) is 40.6. The van der Waals surface area contributed by atoms with Crippen molar-refractivity contribution in [2.24, 2.45) is 0 Å². The molecule has 123 heavy (non-hydrogen) atoms. The molecule has 0 radical (unpaired) electrons. The molecular weight excluding hydrogens is 1570 g/mol. The summed E-state index contributed by atoms with van der Waals surface area (Å²) in [4.78, 5) is 41.7. The summed E-state index contributed by atoms with van der Waals surface area (Å²) in [7, 11) is 0. The van der Waals surface area contributed by atoms with E-state index in [0.717, 1.165) is 146 Å². The number of thiazole rings is 3. The molecule has 0 aliphatic heterocycles. The van der Waals surface area contributed by atoms with Gasteiger partial charge in [0.25, 0.3) is 0 Å². The fraction of sp³-hybridized carbons (Fsp3) is 0. The van der Waals surface area contributed by atoms with Gasteiger partial charge in [-0.2, -0.15) is 0 Å². The van der Waals surface area contributed by atoms with Crippen molar-refractivity contribution in [1.82, 2.24) is 72.3 Å². The molecule has 0 aliphatic rings. The maximum Gasteiger partial charge on any atom is 0.143 e. The first-order chi connectivity index (χ1) is 61.0. The monoisotopic (exact) mass is 1630 g/mol. The molecule has 15 aromatic heterocycles. The van der Waals surface area contributed by atoms with Crippen LogP contribution in [0, 0.1) is 0 Å². The van der Waals surface area contributed by atoms with E-state index in [9.17, 15) is 0 Å². The minimum atomic E-state index is 0.865. The number of rotatable bonds is 9. The molecule has 15 nitrogen and oxygen atoms in total. The van der Waals surface area contributed by atoms with Crippen LogP contribution in [0.15, 0.2) is 383 Å². The number of hydrogen-bond donors (Lipinski definition) is 0. The van der Waals surface area contributed by atoms with Crippen molar-refractivity contribution in [1.29, 1.82) is 0 Å². The molecule has 0 amide bonds. The van der Waals surface area contributed by atoms with Crippen molar-refractivity contribution in [2.45, 2.75) is 0 Å². The van der Waals surface area contributed by atoms with Crippen LogP contribution >= 0.6 is 34.0 Å². The number of hydrogen-bond acceptors (Lipinski definition) is 12.